The van der Waals surface area contributed by atoms with Gasteiger partial charge in [-0.1, -0.05) is 11.6 Å². The van der Waals surface area contributed by atoms with Crippen molar-refractivity contribution in [1.82, 2.24) is 9.97 Å². The minimum Gasteiger partial charge on any atom is -0.409 e. The lowest BCUT2D eigenvalue weighted by Crippen LogP contribution is -2.32. The molecule has 1 aromatic rings. The van der Waals surface area contributed by atoms with Crippen molar-refractivity contribution in [3.63, 3.8) is 0 Å². The van der Waals surface area contributed by atoms with E-state index in [1.165, 1.54) is 19.3 Å². The lowest BCUT2D eigenvalue weighted by Gasteiger charge is -2.32. The summed E-state index contributed by atoms with van der Waals surface area (Å²) in [4.78, 5) is 8.57. The van der Waals surface area contributed by atoms with Crippen LogP contribution in [0.4, 0.5) is 5.82 Å². The number of aryl methyl sites for hydroxylation is 1. The van der Waals surface area contributed by atoms with Crippen LogP contribution in [0.15, 0.2) is 5.16 Å². The molecule has 0 aliphatic heterocycles. The number of amidine groups is 1. The Kier molecular flexibility index (Phi) is 3.87. The number of hydrogen-bond donors (Lipinski definition) is 3. The summed E-state index contributed by atoms with van der Waals surface area (Å²) in [7, 11) is 0. The maximum absolute atomic E-state index is 8.72. The molecule has 1 aliphatic rings. The van der Waals surface area contributed by atoms with Crippen LogP contribution in [0.2, 0.25) is 0 Å². The van der Waals surface area contributed by atoms with Gasteiger partial charge in [0.25, 0.3) is 0 Å². The van der Waals surface area contributed by atoms with E-state index in [4.69, 9.17) is 10.9 Å². The standard InChI is InChI=1S/C13H21N5O/c1-7-8(2)15-13(11(14)18-19)17-12(7)16-9(3)10-5-4-6-10/h9-10,19H,4-6H2,1-3H3,(H2,14,18)(H,15,16,17). The van der Waals surface area contributed by atoms with Gasteiger partial charge in [-0.2, -0.15) is 0 Å². The molecule has 6 nitrogen and oxygen atoms in total. The monoisotopic (exact) mass is 263 g/mol. The summed E-state index contributed by atoms with van der Waals surface area (Å²) in [5.41, 5.74) is 7.39. The maximum Gasteiger partial charge on any atom is 0.208 e. The predicted octanol–water partition coefficient (Wildman–Crippen LogP) is 1.79. The van der Waals surface area contributed by atoms with Crippen LogP contribution in [0.25, 0.3) is 0 Å². The van der Waals surface area contributed by atoms with E-state index in [-0.39, 0.29) is 11.7 Å². The third-order valence-electron chi connectivity index (χ3n) is 3.95. The molecule has 0 aromatic carbocycles. The SMILES string of the molecule is Cc1nc(/C(N)=N/O)nc(NC(C)C2CCC2)c1C. The molecule has 1 aromatic heterocycles. The first kappa shape index (κ1) is 13.6. The van der Waals surface area contributed by atoms with Crippen LogP contribution in [-0.4, -0.2) is 27.1 Å². The Morgan fingerprint density at radius 2 is 2.11 bits per heavy atom. The number of hydrogen-bond acceptors (Lipinski definition) is 5. The van der Waals surface area contributed by atoms with Crippen molar-refractivity contribution < 1.29 is 5.21 Å². The first-order chi connectivity index (χ1) is 9.02. The molecule has 0 saturated heterocycles. The molecule has 1 fully saturated rings. The molecule has 1 unspecified atom stereocenters. The van der Waals surface area contributed by atoms with E-state index in [2.05, 4.69) is 27.4 Å². The second-order valence-electron chi connectivity index (χ2n) is 5.22. The van der Waals surface area contributed by atoms with Crippen molar-refractivity contribution >= 4 is 11.7 Å². The van der Waals surface area contributed by atoms with E-state index in [1.807, 2.05) is 13.8 Å². The van der Waals surface area contributed by atoms with Gasteiger partial charge in [0.15, 0.2) is 0 Å². The Morgan fingerprint density at radius 1 is 1.42 bits per heavy atom. The number of nitrogens with zero attached hydrogens (tertiary/aromatic N) is 3. The van der Waals surface area contributed by atoms with Crippen LogP contribution < -0.4 is 11.1 Å². The molecule has 104 valence electrons. The van der Waals surface area contributed by atoms with Crippen LogP contribution in [-0.2, 0) is 0 Å². The van der Waals surface area contributed by atoms with Gasteiger partial charge < -0.3 is 16.3 Å². The zero-order valence-corrected chi connectivity index (χ0v) is 11.6. The summed E-state index contributed by atoms with van der Waals surface area (Å²) >= 11 is 0. The summed E-state index contributed by atoms with van der Waals surface area (Å²) in [5, 5.41) is 15.1. The van der Waals surface area contributed by atoms with E-state index in [9.17, 15) is 0 Å². The smallest absolute Gasteiger partial charge is 0.208 e. The van der Waals surface area contributed by atoms with Gasteiger partial charge in [0, 0.05) is 17.3 Å². The van der Waals surface area contributed by atoms with Crippen molar-refractivity contribution in [3.05, 3.63) is 17.1 Å². The lowest BCUT2D eigenvalue weighted by atomic mass is 9.80. The third-order valence-corrected chi connectivity index (χ3v) is 3.95. The van der Waals surface area contributed by atoms with Crippen LogP contribution >= 0.6 is 0 Å². The minimum absolute atomic E-state index is 0.0672. The van der Waals surface area contributed by atoms with Gasteiger partial charge in [-0.05, 0) is 39.5 Å². The average molecular weight is 263 g/mol. The van der Waals surface area contributed by atoms with E-state index in [0.29, 0.717) is 12.0 Å². The quantitative estimate of drug-likeness (QED) is 0.333. The number of aromatic nitrogens is 2. The summed E-state index contributed by atoms with van der Waals surface area (Å²) in [6.45, 7) is 6.04. The molecule has 4 N–H and O–H groups in total. The molecular formula is C13H21N5O. The van der Waals surface area contributed by atoms with Crippen molar-refractivity contribution in [3.8, 4) is 0 Å². The fraction of sp³-hybridized carbons (Fsp3) is 0.615. The van der Waals surface area contributed by atoms with Gasteiger partial charge in [0.1, 0.15) is 5.82 Å². The Labute approximate surface area is 113 Å². The van der Waals surface area contributed by atoms with Gasteiger partial charge in [-0.3, -0.25) is 0 Å². The van der Waals surface area contributed by atoms with Gasteiger partial charge in [-0.15, -0.1) is 0 Å². The lowest BCUT2D eigenvalue weighted by molar-refractivity contribution is 0.285. The van der Waals surface area contributed by atoms with Gasteiger partial charge >= 0.3 is 0 Å². The topological polar surface area (TPSA) is 96.4 Å². The van der Waals surface area contributed by atoms with Crippen LogP contribution in [0, 0.1) is 19.8 Å². The highest BCUT2D eigenvalue weighted by atomic mass is 16.4. The van der Waals surface area contributed by atoms with Gasteiger partial charge in [-0.25, -0.2) is 9.97 Å². The predicted molar refractivity (Wildman–Crippen MR) is 74.4 cm³/mol. The van der Waals surface area contributed by atoms with E-state index < -0.39 is 0 Å². The number of oxime groups is 1. The molecule has 1 heterocycles. The second kappa shape index (κ2) is 5.42. The zero-order chi connectivity index (χ0) is 14.0. The molecular weight excluding hydrogens is 242 g/mol. The summed E-state index contributed by atoms with van der Waals surface area (Å²) < 4.78 is 0. The van der Waals surface area contributed by atoms with Crippen molar-refractivity contribution in [2.24, 2.45) is 16.8 Å². The number of nitrogens with two attached hydrogens (primary N) is 1. The number of rotatable bonds is 4. The molecule has 1 saturated carbocycles. The molecule has 2 rings (SSSR count). The Bertz CT molecular complexity index is 496. The maximum atomic E-state index is 8.72. The zero-order valence-electron chi connectivity index (χ0n) is 11.6. The molecule has 1 aliphatic carbocycles. The summed E-state index contributed by atoms with van der Waals surface area (Å²) in [6.07, 6.45) is 3.85. The third kappa shape index (κ3) is 2.77. The molecule has 0 spiro atoms. The Morgan fingerprint density at radius 3 is 2.63 bits per heavy atom. The summed E-state index contributed by atoms with van der Waals surface area (Å²) in [6, 6.07) is 0.377. The molecule has 0 amide bonds. The number of anilines is 1. The first-order valence-corrected chi connectivity index (χ1v) is 6.62. The van der Waals surface area contributed by atoms with E-state index >= 15 is 0 Å². The number of nitrogens with one attached hydrogen (secondary N) is 1. The van der Waals surface area contributed by atoms with Crippen LogP contribution in [0.3, 0.4) is 0 Å². The highest BCUT2D eigenvalue weighted by Gasteiger charge is 2.24. The first-order valence-electron chi connectivity index (χ1n) is 6.62. The Balaban J connectivity index is 2.25. The molecule has 1 atom stereocenters. The van der Waals surface area contributed by atoms with Gasteiger partial charge in [0.2, 0.25) is 11.7 Å². The van der Waals surface area contributed by atoms with Crippen molar-refractivity contribution in [2.45, 2.75) is 46.1 Å². The van der Waals surface area contributed by atoms with Crippen LogP contribution in [0.1, 0.15) is 43.3 Å². The normalized spacial score (nSPS) is 17.9. The van der Waals surface area contributed by atoms with E-state index in [1.54, 1.807) is 0 Å². The fourth-order valence-electron chi connectivity index (χ4n) is 2.20. The second-order valence-corrected chi connectivity index (χ2v) is 5.22. The van der Waals surface area contributed by atoms with E-state index in [0.717, 1.165) is 17.1 Å². The largest absolute Gasteiger partial charge is 0.409 e. The molecule has 6 heteroatoms. The highest BCUT2D eigenvalue weighted by molar-refractivity contribution is 5.93. The molecule has 0 radical (unpaired) electrons. The minimum atomic E-state index is -0.0672. The van der Waals surface area contributed by atoms with Crippen molar-refractivity contribution in [2.75, 3.05) is 5.32 Å². The van der Waals surface area contributed by atoms with Crippen LogP contribution in [0.5, 0.6) is 0 Å². The van der Waals surface area contributed by atoms with Crippen molar-refractivity contribution in [1.29, 1.82) is 0 Å². The average Bonchev–Trinajstić information content (AvgIpc) is 2.31. The summed E-state index contributed by atoms with van der Waals surface area (Å²) in [5.74, 6) is 1.67. The Hall–Kier alpha value is -1.85. The fourth-order valence-corrected chi connectivity index (χ4v) is 2.20. The molecule has 19 heavy (non-hydrogen) atoms. The highest BCUT2D eigenvalue weighted by Crippen LogP contribution is 2.31. The van der Waals surface area contributed by atoms with Gasteiger partial charge in [0.05, 0.1) is 0 Å². The molecule has 0 bridgehead atoms.